The highest BCUT2D eigenvalue weighted by atomic mass is 19.1. The van der Waals surface area contributed by atoms with Gasteiger partial charge >= 0.3 is 6.01 Å². The van der Waals surface area contributed by atoms with Gasteiger partial charge in [-0.15, -0.1) is 0 Å². The van der Waals surface area contributed by atoms with E-state index >= 15 is 0 Å². The minimum absolute atomic E-state index is 0.0387. The van der Waals surface area contributed by atoms with Crippen molar-refractivity contribution in [3.8, 4) is 23.1 Å². The number of piperidine rings is 1. The van der Waals surface area contributed by atoms with Crippen molar-refractivity contribution in [1.82, 2.24) is 25.3 Å². The van der Waals surface area contributed by atoms with E-state index in [4.69, 9.17) is 10.5 Å². The van der Waals surface area contributed by atoms with E-state index in [1.54, 1.807) is 18.3 Å². The highest BCUT2D eigenvalue weighted by molar-refractivity contribution is 5.59. The molecule has 4 rings (SSSR count). The number of nitrogens with one attached hydrogen (secondary N) is 1. The Labute approximate surface area is 162 Å². The second-order valence-electron chi connectivity index (χ2n) is 6.79. The third-order valence-electron chi connectivity index (χ3n) is 4.69. The molecule has 0 unspecified atom stereocenters. The largest absolute Gasteiger partial charge is 0.421 e. The number of nitrogens with zero attached hydrogens (tertiary/aromatic N) is 4. The maximum absolute atomic E-state index is 14.6. The Morgan fingerprint density at radius 2 is 1.93 bits per heavy atom. The number of hydrogen-bond donors (Lipinski definition) is 2. The molecule has 3 aromatic rings. The van der Waals surface area contributed by atoms with Gasteiger partial charge in [-0.05, 0) is 57.1 Å². The SMILES string of the molecule is Cc1ccnc(Oc2ccc(-c3nc(N)cc(C4CCNCC4)n3)cc2F)n1. The van der Waals surface area contributed by atoms with Gasteiger partial charge in [-0.3, -0.25) is 0 Å². The van der Waals surface area contributed by atoms with Gasteiger partial charge < -0.3 is 15.8 Å². The Bertz CT molecular complexity index is 990. The number of hydrogen-bond acceptors (Lipinski definition) is 7. The van der Waals surface area contributed by atoms with Crippen molar-refractivity contribution in [3.05, 3.63) is 53.7 Å². The Kier molecular flexibility index (Phi) is 5.12. The number of nitrogen functional groups attached to an aromatic ring is 1. The summed E-state index contributed by atoms with van der Waals surface area (Å²) >= 11 is 0. The molecule has 1 aliphatic heterocycles. The summed E-state index contributed by atoms with van der Waals surface area (Å²) in [6.07, 6.45) is 3.55. The molecule has 3 N–H and O–H groups in total. The lowest BCUT2D eigenvalue weighted by molar-refractivity contribution is 0.410. The highest BCUT2D eigenvalue weighted by Crippen LogP contribution is 2.29. The van der Waals surface area contributed by atoms with Gasteiger partial charge in [0, 0.05) is 35.1 Å². The molecule has 7 nitrogen and oxygen atoms in total. The fourth-order valence-corrected chi connectivity index (χ4v) is 3.24. The molecule has 1 saturated heterocycles. The first kappa shape index (κ1) is 18.2. The normalized spacial score (nSPS) is 14.8. The first-order valence-corrected chi connectivity index (χ1v) is 9.21. The van der Waals surface area contributed by atoms with Gasteiger partial charge in [0.05, 0.1) is 0 Å². The number of aryl methyl sites for hydroxylation is 1. The number of anilines is 1. The topological polar surface area (TPSA) is 98.8 Å². The molecule has 0 radical (unpaired) electrons. The highest BCUT2D eigenvalue weighted by Gasteiger charge is 2.19. The minimum atomic E-state index is -0.544. The van der Waals surface area contributed by atoms with Gasteiger partial charge in [-0.1, -0.05) is 0 Å². The molecule has 0 aliphatic carbocycles. The van der Waals surface area contributed by atoms with Crippen LogP contribution in [0.1, 0.15) is 30.1 Å². The van der Waals surface area contributed by atoms with Crippen molar-refractivity contribution in [3.63, 3.8) is 0 Å². The van der Waals surface area contributed by atoms with Gasteiger partial charge in [-0.2, -0.15) is 0 Å². The van der Waals surface area contributed by atoms with Crippen LogP contribution >= 0.6 is 0 Å². The van der Waals surface area contributed by atoms with Crippen molar-refractivity contribution >= 4 is 5.82 Å². The van der Waals surface area contributed by atoms with Crippen LogP contribution in [0, 0.1) is 12.7 Å². The van der Waals surface area contributed by atoms with Crippen LogP contribution < -0.4 is 15.8 Å². The molecule has 8 heteroatoms. The number of aromatic nitrogens is 4. The maximum atomic E-state index is 14.6. The Morgan fingerprint density at radius 3 is 2.68 bits per heavy atom. The Balaban J connectivity index is 1.61. The average Bonchev–Trinajstić information content (AvgIpc) is 2.70. The lowest BCUT2D eigenvalue weighted by atomic mass is 9.94. The molecule has 1 aliphatic rings. The molecule has 0 saturated carbocycles. The minimum Gasteiger partial charge on any atom is -0.421 e. The molecule has 1 aromatic carbocycles. The fourth-order valence-electron chi connectivity index (χ4n) is 3.24. The predicted molar refractivity (Wildman–Crippen MR) is 104 cm³/mol. The lowest BCUT2D eigenvalue weighted by Crippen LogP contribution is -2.27. The van der Waals surface area contributed by atoms with Crippen LogP contribution in [0.25, 0.3) is 11.4 Å². The Morgan fingerprint density at radius 1 is 1.11 bits per heavy atom. The van der Waals surface area contributed by atoms with E-state index < -0.39 is 5.82 Å². The standard InChI is InChI=1S/C20H21FN6O/c1-12-4-9-24-20(25-12)28-17-3-2-14(10-15(17)21)19-26-16(11-18(22)27-19)13-5-7-23-8-6-13/h2-4,9-11,13,23H,5-8H2,1H3,(H2,22,26,27). The Hall–Kier alpha value is -3.13. The van der Waals surface area contributed by atoms with E-state index in [2.05, 4.69) is 25.3 Å². The summed E-state index contributed by atoms with van der Waals surface area (Å²) in [5.74, 6) is 0.614. The number of ether oxygens (including phenoxy) is 1. The fraction of sp³-hybridized carbons (Fsp3) is 0.300. The number of benzene rings is 1. The number of nitrogens with two attached hydrogens (primary N) is 1. The molecular weight excluding hydrogens is 359 g/mol. The zero-order valence-electron chi connectivity index (χ0n) is 15.5. The lowest BCUT2D eigenvalue weighted by Gasteiger charge is -2.22. The zero-order chi connectivity index (χ0) is 19.5. The molecule has 0 atom stereocenters. The molecular formula is C20H21FN6O. The van der Waals surface area contributed by atoms with Gasteiger partial charge in [-0.25, -0.2) is 24.3 Å². The van der Waals surface area contributed by atoms with Crippen molar-refractivity contribution in [2.45, 2.75) is 25.7 Å². The van der Waals surface area contributed by atoms with Crippen LogP contribution in [0.15, 0.2) is 36.5 Å². The van der Waals surface area contributed by atoms with Gasteiger partial charge in [0.15, 0.2) is 17.4 Å². The van der Waals surface area contributed by atoms with Crippen LogP contribution in [-0.4, -0.2) is 33.0 Å². The molecule has 3 heterocycles. The van der Waals surface area contributed by atoms with Gasteiger partial charge in [0.2, 0.25) is 0 Å². The van der Waals surface area contributed by atoms with Crippen LogP contribution in [-0.2, 0) is 0 Å². The number of halogens is 1. The van der Waals surface area contributed by atoms with E-state index in [1.807, 2.05) is 13.0 Å². The van der Waals surface area contributed by atoms with Crippen molar-refractivity contribution in [1.29, 1.82) is 0 Å². The predicted octanol–water partition coefficient (Wildman–Crippen LogP) is 3.22. The van der Waals surface area contributed by atoms with Gasteiger partial charge in [0.25, 0.3) is 0 Å². The summed E-state index contributed by atoms with van der Waals surface area (Å²) in [6.45, 7) is 3.71. The van der Waals surface area contributed by atoms with E-state index in [0.29, 0.717) is 23.1 Å². The summed E-state index contributed by atoms with van der Waals surface area (Å²) < 4.78 is 20.1. The van der Waals surface area contributed by atoms with E-state index in [0.717, 1.165) is 37.3 Å². The van der Waals surface area contributed by atoms with Crippen LogP contribution in [0.2, 0.25) is 0 Å². The summed E-state index contributed by atoms with van der Waals surface area (Å²) in [7, 11) is 0. The first-order valence-electron chi connectivity index (χ1n) is 9.21. The molecule has 2 aromatic heterocycles. The average molecular weight is 380 g/mol. The van der Waals surface area contributed by atoms with Crippen LogP contribution in [0.3, 0.4) is 0 Å². The smallest absolute Gasteiger partial charge is 0.322 e. The van der Waals surface area contributed by atoms with Crippen LogP contribution in [0.4, 0.5) is 10.2 Å². The summed E-state index contributed by atoms with van der Waals surface area (Å²) in [5, 5.41) is 3.33. The van der Waals surface area contributed by atoms with Crippen molar-refractivity contribution in [2.24, 2.45) is 0 Å². The van der Waals surface area contributed by atoms with Crippen LogP contribution in [0.5, 0.6) is 11.8 Å². The zero-order valence-corrected chi connectivity index (χ0v) is 15.5. The van der Waals surface area contributed by atoms with Gasteiger partial charge in [0.1, 0.15) is 5.82 Å². The second-order valence-corrected chi connectivity index (χ2v) is 6.79. The molecule has 0 bridgehead atoms. The molecule has 0 amide bonds. The van der Waals surface area contributed by atoms with E-state index in [-0.39, 0.29) is 11.8 Å². The second kappa shape index (κ2) is 7.85. The third kappa shape index (κ3) is 4.07. The summed E-state index contributed by atoms with van der Waals surface area (Å²) in [5.41, 5.74) is 8.16. The summed E-state index contributed by atoms with van der Waals surface area (Å²) in [4.78, 5) is 17.0. The van der Waals surface area contributed by atoms with E-state index in [9.17, 15) is 4.39 Å². The maximum Gasteiger partial charge on any atom is 0.322 e. The van der Waals surface area contributed by atoms with E-state index in [1.165, 1.54) is 12.1 Å². The number of rotatable bonds is 4. The van der Waals surface area contributed by atoms with Crippen molar-refractivity contribution < 1.29 is 9.13 Å². The molecule has 0 spiro atoms. The quantitative estimate of drug-likeness (QED) is 0.717. The molecule has 144 valence electrons. The van der Waals surface area contributed by atoms with Crippen molar-refractivity contribution in [2.75, 3.05) is 18.8 Å². The third-order valence-corrected chi connectivity index (χ3v) is 4.69. The monoisotopic (exact) mass is 380 g/mol. The molecule has 1 fully saturated rings. The first-order chi connectivity index (χ1) is 13.6. The molecule has 28 heavy (non-hydrogen) atoms. The summed E-state index contributed by atoms with van der Waals surface area (Å²) in [6, 6.07) is 8.21.